The first kappa shape index (κ1) is 13.5. The first-order valence-electron chi connectivity index (χ1n) is 5.67. The molecule has 0 spiro atoms. The molecule has 1 aliphatic rings. The number of nitrogens with one attached hydrogen (secondary N) is 1. The second-order valence-electron chi connectivity index (χ2n) is 4.24. The number of hydrogen-bond donors (Lipinski definition) is 1. The van der Waals surface area contributed by atoms with Crippen molar-refractivity contribution in [2.45, 2.75) is 56.3 Å². The van der Waals surface area contributed by atoms with Crippen LogP contribution in [0.2, 0.25) is 0 Å². The Kier molecular flexibility index (Phi) is 5.57. The van der Waals surface area contributed by atoms with Crippen LogP contribution < -0.4 is 4.72 Å². The van der Waals surface area contributed by atoms with Gasteiger partial charge in [-0.25, -0.2) is 13.1 Å². The van der Waals surface area contributed by atoms with Gasteiger partial charge < -0.3 is 0 Å². The molecule has 1 saturated carbocycles. The van der Waals surface area contributed by atoms with E-state index in [2.05, 4.69) is 20.7 Å². The molecule has 1 fully saturated rings. The normalized spacial score (nSPS) is 27.9. The molecule has 0 aromatic carbocycles. The fraction of sp³-hybridized carbons (Fsp3) is 1.00. The highest BCUT2D eigenvalue weighted by molar-refractivity contribution is 9.09. The summed E-state index contributed by atoms with van der Waals surface area (Å²) in [6.45, 7) is 2.01. The van der Waals surface area contributed by atoms with Crippen molar-refractivity contribution in [3.63, 3.8) is 0 Å². The fourth-order valence-electron chi connectivity index (χ4n) is 1.82. The molecule has 3 nitrogen and oxygen atoms in total. The van der Waals surface area contributed by atoms with Gasteiger partial charge in [-0.05, 0) is 32.1 Å². The SMILES string of the molecule is CCCCS(=O)(=O)NC1CCC(Br)CC1. The van der Waals surface area contributed by atoms with Crippen LogP contribution in [0.25, 0.3) is 0 Å². The smallest absolute Gasteiger partial charge is 0.211 e. The minimum Gasteiger partial charge on any atom is -0.212 e. The van der Waals surface area contributed by atoms with Crippen LogP contribution >= 0.6 is 15.9 Å². The Balaban J connectivity index is 2.34. The number of halogens is 1. The van der Waals surface area contributed by atoms with E-state index in [9.17, 15) is 8.42 Å². The molecule has 5 heteroatoms. The molecule has 0 amide bonds. The summed E-state index contributed by atoms with van der Waals surface area (Å²) in [7, 11) is -3.03. The summed E-state index contributed by atoms with van der Waals surface area (Å²) in [6.07, 6.45) is 5.74. The van der Waals surface area contributed by atoms with Crippen molar-refractivity contribution in [1.82, 2.24) is 4.72 Å². The Hall–Kier alpha value is 0.390. The van der Waals surface area contributed by atoms with Crippen LogP contribution in [0.5, 0.6) is 0 Å². The van der Waals surface area contributed by atoms with Crippen molar-refractivity contribution in [1.29, 1.82) is 0 Å². The van der Waals surface area contributed by atoms with E-state index in [1.165, 1.54) is 0 Å². The van der Waals surface area contributed by atoms with Crippen LogP contribution in [0.3, 0.4) is 0 Å². The highest BCUT2D eigenvalue weighted by Crippen LogP contribution is 2.24. The maximum absolute atomic E-state index is 11.6. The van der Waals surface area contributed by atoms with Gasteiger partial charge in [-0.3, -0.25) is 0 Å². The summed E-state index contributed by atoms with van der Waals surface area (Å²) >= 11 is 3.56. The lowest BCUT2D eigenvalue weighted by Gasteiger charge is -2.25. The molecule has 0 atom stereocenters. The van der Waals surface area contributed by atoms with Gasteiger partial charge in [0, 0.05) is 10.9 Å². The third-order valence-corrected chi connectivity index (χ3v) is 5.20. The molecule has 0 saturated heterocycles. The molecule has 90 valence electrons. The lowest BCUT2D eigenvalue weighted by Crippen LogP contribution is -2.38. The van der Waals surface area contributed by atoms with Crippen LogP contribution in [-0.2, 0) is 10.0 Å². The Morgan fingerprint density at radius 3 is 2.40 bits per heavy atom. The molecule has 1 N–H and O–H groups in total. The Morgan fingerprint density at radius 2 is 1.87 bits per heavy atom. The van der Waals surface area contributed by atoms with E-state index < -0.39 is 10.0 Å². The standard InChI is InChI=1S/C10H20BrNO2S/c1-2-3-8-15(13,14)12-10-6-4-9(11)5-7-10/h9-10,12H,2-8H2,1H3. The molecule has 0 aromatic heterocycles. The zero-order chi connectivity index (χ0) is 11.3. The van der Waals surface area contributed by atoms with Crippen molar-refractivity contribution < 1.29 is 8.42 Å². The summed E-state index contributed by atoms with van der Waals surface area (Å²) in [6, 6.07) is 0.167. The number of hydrogen-bond acceptors (Lipinski definition) is 2. The Labute approximate surface area is 101 Å². The van der Waals surface area contributed by atoms with E-state index in [-0.39, 0.29) is 11.8 Å². The minimum atomic E-state index is -3.03. The van der Waals surface area contributed by atoms with Gasteiger partial charge in [-0.15, -0.1) is 0 Å². The zero-order valence-electron chi connectivity index (χ0n) is 9.21. The number of alkyl halides is 1. The van der Waals surface area contributed by atoms with Crippen LogP contribution in [0, 0.1) is 0 Å². The maximum atomic E-state index is 11.6. The predicted molar refractivity (Wildman–Crippen MR) is 66.8 cm³/mol. The quantitative estimate of drug-likeness (QED) is 0.792. The topological polar surface area (TPSA) is 46.2 Å². The molecule has 1 aliphatic carbocycles. The number of unbranched alkanes of at least 4 members (excludes halogenated alkanes) is 1. The third-order valence-electron chi connectivity index (χ3n) is 2.77. The summed E-state index contributed by atoms with van der Waals surface area (Å²) in [5, 5.41) is 0. The van der Waals surface area contributed by atoms with E-state index in [4.69, 9.17) is 0 Å². The van der Waals surface area contributed by atoms with Crippen molar-refractivity contribution in [3.05, 3.63) is 0 Å². The molecular weight excluding hydrogens is 278 g/mol. The maximum Gasteiger partial charge on any atom is 0.211 e. The molecule has 0 heterocycles. The first-order valence-corrected chi connectivity index (χ1v) is 8.24. The van der Waals surface area contributed by atoms with Crippen LogP contribution in [0.1, 0.15) is 45.4 Å². The van der Waals surface area contributed by atoms with Gasteiger partial charge in [-0.2, -0.15) is 0 Å². The lowest BCUT2D eigenvalue weighted by molar-refractivity contribution is 0.422. The fourth-order valence-corrected chi connectivity index (χ4v) is 3.88. The van der Waals surface area contributed by atoms with Gasteiger partial charge >= 0.3 is 0 Å². The average molecular weight is 298 g/mol. The van der Waals surface area contributed by atoms with Crippen molar-refractivity contribution in [3.8, 4) is 0 Å². The molecule has 0 bridgehead atoms. The largest absolute Gasteiger partial charge is 0.212 e. The molecule has 1 rings (SSSR count). The number of rotatable bonds is 5. The van der Waals surface area contributed by atoms with E-state index in [0.29, 0.717) is 4.83 Å². The van der Waals surface area contributed by atoms with Crippen molar-refractivity contribution >= 4 is 26.0 Å². The molecular formula is C10H20BrNO2S. The van der Waals surface area contributed by atoms with E-state index in [0.717, 1.165) is 38.5 Å². The highest BCUT2D eigenvalue weighted by Gasteiger charge is 2.22. The van der Waals surface area contributed by atoms with E-state index in [1.54, 1.807) is 0 Å². The van der Waals surface area contributed by atoms with Crippen molar-refractivity contribution in [2.24, 2.45) is 0 Å². The van der Waals surface area contributed by atoms with E-state index >= 15 is 0 Å². The number of sulfonamides is 1. The van der Waals surface area contributed by atoms with Gasteiger partial charge in [0.2, 0.25) is 10.0 Å². The average Bonchev–Trinajstić information content (AvgIpc) is 2.18. The summed E-state index contributed by atoms with van der Waals surface area (Å²) in [5.41, 5.74) is 0. The summed E-state index contributed by atoms with van der Waals surface area (Å²) in [5.74, 6) is 0.276. The molecule has 15 heavy (non-hydrogen) atoms. The Bertz CT molecular complexity index is 271. The van der Waals surface area contributed by atoms with Gasteiger partial charge in [0.1, 0.15) is 0 Å². The van der Waals surface area contributed by atoms with Crippen LogP contribution in [0.15, 0.2) is 0 Å². The second-order valence-corrected chi connectivity index (χ2v) is 7.41. The minimum absolute atomic E-state index is 0.167. The van der Waals surface area contributed by atoms with Gasteiger partial charge in [0.05, 0.1) is 5.75 Å². The first-order chi connectivity index (χ1) is 7.03. The highest BCUT2D eigenvalue weighted by atomic mass is 79.9. The third kappa shape index (κ3) is 5.31. The predicted octanol–water partition coefficient (Wildman–Crippen LogP) is 2.41. The van der Waals surface area contributed by atoms with E-state index in [1.807, 2.05) is 6.92 Å². The second kappa shape index (κ2) is 6.21. The molecule has 0 aromatic rings. The monoisotopic (exact) mass is 297 g/mol. The zero-order valence-corrected chi connectivity index (χ0v) is 11.6. The molecule has 0 aliphatic heterocycles. The lowest BCUT2D eigenvalue weighted by atomic mass is 9.96. The Morgan fingerprint density at radius 1 is 1.27 bits per heavy atom. The van der Waals surface area contributed by atoms with Gasteiger partial charge in [-0.1, -0.05) is 29.3 Å². The van der Waals surface area contributed by atoms with Crippen LogP contribution in [-0.4, -0.2) is 25.0 Å². The summed E-state index contributed by atoms with van der Waals surface area (Å²) in [4.78, 5) is 0.578. The van der Waals surface area contributed by atoms with Crippen LogP contribution in [0.4, 0.5) is 0 Å². The van der Waals surface area contributed by atoms with Gasteiger partial charge in [0.15, 0.2) is 0 Å². The molecule has 0 unspecified atom stereocenters. The van der Waals surface area contributed by atoms with Gasteiger partial charge in [0.25, 0.3) is 0 Å². The summed E-state index contributed by atoms with van der Waals surface area (Å²) < 4.78 is 26.0. The molecule has 0 radical (unpaired) electrons. The van der Waals surface area contributed by atoms with Crippen molar-refractivity contribution in [2.75, 3.05) is 5.75 Å².